The van der Waals surface area contributed by atoms with E-state index in [0.29, 0.717) is 6.42 Å². The maximum absolute atomic E-state index is 11.6. The highest BCUT2D eigenvalue weighted by atomic mass is 16.6. The predicted molar refractivity (Wildman–Crippen MR) is 58.7 cm³/mol. The highest BCUT2D eigenvalue weighted by molar-refractivity contribution is 5.76. The average Bonchev–Trinajstić information content (AvgIpc) is 2.57. The van der Waals surface area contributed by atoms with Crippen LogP contribution >= 0.6 is 0 Å². The Morgan fingerprint density at radius 1 is 1.62 bits per heavy atom. The third-order valence-electron chi connectivity index (χ3n) is 2.82. The summed E-state index contributed by atoms with van der Waals surface area (Å²) in [5.41, 5.74) is 5.68. The van der Waals surface area contributed by atoms with Crippen LogP contribution in [-0.2, 0) is 14.3 Å². The fourth-order valence-electron chi connectivity index (χ4n) is 1.71. The van der Waals surface area contributed by atoms with Gasteiger partial charge in [0.2, 0.25) is 0 Å². The molecule has 0 aromatic rings. The minimum Gasteiger partial charge on any atom is -0.458 e. The zero-order valence-electron chi connectivity index (χ0n) is 10.1. The SMILES string of the molecule is CC(C)C(N)C(=O)O[C@@H]1C[C@H](C)O[C@@H]1CO. The van der Waals surface area contributed by atoms with Crippen LogP contribution in [0, 0.1) is 5.92 Å². The summed E-state index contributed by atoms with van der Waals surface area (Å²) < 4.78 is 10.7. The van der Waals surface area contributed by atoms with Crippen molar-refractivity contribution < 1.29 is 19.4 Å². The third-order valence-corrected chi connectivity index (χ3v) is 2.82. The number of ether oxygens (including phenoxy) is 2. The van der Waals surface area contributed by atoms with Crippen molar-refractivity contribution in [1.29, 1.82) is 0 Å². The number of carbonyl (C=O) groups excluding carboxylic acids is 1. The van der Waals surface area contributed by atoms with Gasteiger partial charge in [-0.2, -0.15) is 0 Å². The van der Waals surface area contributed by atoms with Crippen molar-refractivity contribution in [1.82, 2.24) is 0 Å². The van der Waals surface area contributed by atoms with Gasteiger partial charge in [-0.15, -0.1) is 0 Å². The molecule has 1 saturated heterocycles. The molecule has 0 amide bonds. The molecule has 94 valence electrons. The van der Waals surface area contributed by atoms with Gasteiger partial charge in [0.15, 0.2) is 0 Å². The van der Waals surface area contributed by atoms with E-state index >= 15 is 0 Å². The Morgan fingerprint density at radius 2 is 2.25 bits per heavy atom. The van der Waals surface area contributed by atoms with E-state index in [1.807, 2.05) is 20.8 Å². The fraction of sp³-hybridized carbons (Fsp3) is 0.909. The van der Waals surface area contributed by atoms with Crippen molar-refractivity contribution in [3.8, 4) is 0 Å². The maximum atomic E-state index is 11.6. The fourth-order valence-corrected chi connectivity index (χ4v) is 1.71. The molecule has 1 heterocycles. The predicted octanol–water partition coefficient (Wildman–Crippen LogP) is 0.0512. The van der Waals surface area contributed by atoms with E-state index in [1.165, 1.54) is 0 Å². The first-order valence-electron chi connectivity index (χ1n) is 5.68. The highest BCUT2D eigenvalue weighted by Crippen LogP contribution is 2.23. The van der Waals surface area contributed by atoms with Gasteiger partial charge < -0.3 is 20.3 Å². The van der Waals surface area contributed by atoms with Crippen LogP contribution in [0.3, 0.4) is 0 Å². The summed E-state index contributed by atoms with van der Waals surface area (Å²) in [6.45, 7) is 5.48. The Balaban J connectivity index is 2.50. The van der Waals surface area contributed by atoms with Crippen molar-refractivity contribution in [3.63, 3.8) is 0 Å². The molecular weight excluding hydrogens is 210 g/mol. The van der Waals surface area contributed by atoms with E-state index in [-0.39, 0.29) is 24.7 Å². The molecule has 5 nitrogen and oxygen atoms in total. The molecule has 1 unspecified atom stereocenters. The minimum absolute atomic E-state index is 0.00484. The zero-order valence-corrected chi connectivity index (χ0v) is 10.1. The van der Waals surface area contributed by atoms with Gasteiger partial charge in [-0.3, -0.25) is 4.79 Å². The van der Waals surface area contributed by atoms with Crippen LogP contribution in [0.5, 0.6) is 0 Å². The van der Waals surface area contributed by atoms with Gasteiger partial charge in [-0.05, 0) is 12.8 Å². The van der Waals surface area contributed by atoms with Gasteiger partial charge in [0.05, 0.1) is 12.7 Å². The van der Waals surface area contributed by atoms with Gasteiger partial charge in [-0.25, -0.2) is 0 Å². The molecule has 5 heteroatoms. The second-order valence-electron chi connectivity index (χ2n) is 4.65. The van der Waals surface area contributed by atoms with Crippen LogP contribution in [-0.4, -0.2) is 42.0 Å². The Morgan fingerprint density at radius 3 is 2.75 bits per heavy atom. The standard InChI is InChI=1S/C11H21NO4/c1-6(2)10(12)11(14)16-8-4-7(3)15-9(8)5-13/h6-10,13H,4-5,12H2,1-3H3/t7-,8+,9+,10?/m0/s1. The number of aliphatic hydroxyl groups is 1. The van der Waals surface area contributed by atoms with Crippen molar-refractivity contribution in [3.05, 3.63) is 0 Å². The monoisotopic (exact) mass is 231 g/mol. The van der Waals surface area contributed by atoms with Crippen molar-refractivity contribution >= 4 is 5.97 Å². The lowest BCUT2D eigenvalue weighted by Crippen LogP contribution is -2.41. The third kappa shape index (κ3) is 3.17. The molecule has 16 heavy (non-hydrogen) atoms. The number of rotatable bonds is 4. The van der Waals surface area contributed by atoms with Gasteiger partial charge in [-0.1, -0.05) is 13.8 Å². The second kappa shape index (κ2) is 5.61. The largest absolute Gasteiger partial charge is 0.458 e. The quantitative estimate of drug-likeness (QED) is 0.668. The van der Waals surface area contributed by atoms with E-state index in [1.54, 1.807) is 0 Å². The Bertz CT molecular complexity index is 244. The summed E-state index contributed by atoms with van der Waals surface area (Å²) in [6.07, 6.45) is -0.178. The minimum atomic E-state index is -0.616. The van der Waals surface area contributed by atoms with E-state index in [0.717, 1.165) is 0 Å². The highest BCUT2D eigenvalue weighted by Gasteiger charge is 2.36. The number of nitrogens with two attached hydrogens (primary N) is 1. The summed E-state index contributed by atoms with van der Waals surface area (Å²) >= 11 is 0. The van der Waals surface area contributed by atoms with Crippen molar-refractivity contribution in [2.24, 2.45) is 11.7 Å². The number of hydrogen-bond acceptors (Lipinski definition) is 5. The summed E-state index contributed by atoms with van der Waals surface area (Å²) in [5.74, 6) is -0.379. The summed E-state index contributed by atoms with van der Waals surface area (Å²) in [5, 5.41) is 9.07. The van der Waals surface area contributed by atoms with Gasteiger partial charge in [0.25, 0.3) is 0 Å². The zero-order chi connectivity index (χ0) is 12.3. The Kier molecular flexibility index (Phi) is 4.70. The smallest absolute Gasteiger partial charge is 0.323 e. The molecule has 0 aromatic carbocycles. The number of hydrogen-bond donors (Lipinski definition) is 2. The normalized spacial score (nSPS) is 31.8. The van der Waals surface area contributed by atoms with Crippen LogP contribution < -0.4 is 5.73 Å². The first kappa shape index (κ1) is 13.4. The molecule has 1 rings (SSSR count). The van der Waals surface area contributed by atoms with Crippen molar-refractivity contribution in [2.75, 3.05) is 6.61 Å². The number of carbonyl (C=O) groups is 1. The van der Waals surface area contributed by atoms with Gasteiger partial charge in [0.1, 0.15) is 18.2 Å². The lowest BCUT2D eigenvalue weighted by atomic mass is 10.1. The van der Waals surface area contributed by atoms with Gasteiger partial charge in [0, 0.05) is 6.42 Å². The van der Waals surface area contributed by atoms with Crippen LogP contribution in [0.15, 0.2) is 0 Å². The lowest BCUT2D eigenvalue weighted by molar-refractivity contribution is -0.155. The maximum Gasteiger partial charge on any atom is 0.323 e. The van der Waals surface area contributed by atoms with E-state index in [4.69, 9.17) is 20.3 Å². The van der Waals surface area contributed by atoms with Crippen LogP contribution in [0.1, 0.15) is 27.2 Å². The first-order chi connectivity index (χ1) is 7.45. The summed E-state index contributed by atoms with van der Waals surface area (Å²) in [6, 6.07) is -0.616. The molecule has 0 aliphatic carbocycles. The second-order valence-corrected chi connectivity index (χ2v) is 4.65. The topological polar surface area (TPSA) is 81.8 Å². The average molecular weight is 231 g/mol. The molecule has 0 aromatic heterocycles. The first-order valence-corrected chi connectivity index (χ1v) is 5.68. The van der Waals surface area contributed by atoms with Gasteiger partial charge >= 0.3 is 5.97 Å². The number of aliphatic hydroxyl groups excluding tert-OH is 1. The molecular formula is C11H21NO4. The summed E-state index contributed by atoms with van der Waals surface area (Å²) in [7, 11) is 0. The molecule has 1 aliphatic heterocycles. The molecule has 0 saturated carbocycles. The molecule has 1 aliphatic rings. The molecule has 3 N–H and O–H groups in total. The molecule has 0 bridgehead atoms. The van der Waals surface area contributed by atoms with Crippen LogP contribution in [0.25, 0.3) is 0 Å². The van der Waals surface area contributed by atoms with Crippen LogP contribution in [0.4, 0.5) is 0 Å². The van der Waals surface area contributed by atoms with E-state index < -0.39 is 18.1 Å². The molecule has 4 atom stereocenters. The van der Waals surface area contributed by atoms with E-state index in [9.17, 15) is 4.79 Å². The summed E-state index contributed by atoms with van der Waals surface area (Å²) in [4.78, 5) is 11.6. The lowest BCUT2D eigenvalue weighted by Gasteiger charge is -2.20. The van der Waals surface area contributed by atoms with Crippen molar-refractivity contribution in [2.45, 2.75) is 51.5 Å². The number of esters is 1. The Hall–Kier alpha value is -0.650. The van der Waals surface area contributed by atoms with E-state index in [2.05, 4.69) is 0 Å². The molecule has 0 radical (unpaired) electrons. The molecule has 1 fully saturated rings. The van der Waals surface area contributed by atoms with Crippen LogP contribution in [0.2, 0.25) is 0 Å². The Labute approximate surface area is 95.9 Å². The molecule has 0 spiro atoms.